The van der Waals surface area contributed by atoms with E-state index in [9.17, 15) is 9.59 Å². The number of aromatic nitrogens is 1. The molecule has 7 heteroatoms. The molecule has 0 saturated heterocycles. The molecule has 0 saturated carbocycles. The number of hydrogen-bond acceptors (Lipinski definition) is 5. The minimum atomic E-state index is -0.183. The summed E-state index contributed by atoms with van der Waals surface area (Å²) in [4.78, 5) is 28.2. The predicted octanol–water partition coefficient (Wildman–Crippen LogP) is 2.30. The Morgan fingerprint density at radius 2 is 2.25 bits per heavy atom. The number of carbonyl (C=O) groups is 2. The first-order valence-electron chi connectivity index (χ1n) is 5.86. The summed E-state index contributed by atoms with van der Waals surface area (Å²) in [5, 5.41) is 9.48. The van der Waals surface area contributed by atoms with Crippen LogP contribution >= 0.6 is 22.7 Å². The van der Waals surface area contributed by atoms with Crippen LogP contribution in [0.25, 0.3) is 0 Å². The summed E-state index contributed by atoms with van der Waals surface area (Å²) in [5.41, 5.74) is 0.637. The van der Waals surface area contributed by atoms with Gasteiger partial charge in [0.15, 0.2) is 5.13 Å². The van der Waals surface area contributed by atoms with E-state index in [4.69, 9.17) is 0 Å². The van der Waals surface area contributed by atoms with E-state index in [1.54, 1.807) is 17.5 Å². The maximum atomic E-state index is 11.8. The molecule has 0 spiro atoms. The van der Waals surface area contributed by atoms with Crippen LogP contribution in [0.3, 0.4) is 0 Å². The molecule has 2 aromatic heterocycles. The fourth-order valence-electron chi connectivity index (χ4n) is 1.43. The molecule has 0 unspecified atom stereocenters. The summed E-state index contributed by atoms with van der Waals surface area (Å²) in [6.45, 7) is 3.96. The monoisotopic (exact) mass is 307 g/mol. The molecule has 0 fully saturated rings. The summed E-state index contributed by atoms with van der Waals surface area (Å²) in [5.74, 6) is -0.302. The van der Waals surface area contributed by atoms with Crippen LogP contribution in [0, 0.1) is 0 Å². The zero-order valence-corrected chi connectivity index (χ0v) is 12.2. The Balaban J connectivity index is 1.90. The molecule has 2 aromatic rings. The molecule has 5 nitrogen and oxygen atoms in total. The Labute approximate surface area is 124 Å². The second-order valence-electron chi connectivity index (χ2n) is 3.84. The molecule has 2 N–H and O–H groups in total. The van der Waals surface area contributed by atoms with Gasteiger partial charge in [0.1, 0.15) is 0 Å². The molecular weight excluding hydrogens is 294 g/mol. The summed E-state index contributed by atoms with van der Waals surface area (Å²) < 4.78 is 0. The molecule has 0 radical (unpaired) electrons. The second kappa shape index (κ2) is 6.97. The van der Waals surface area contributed by atoms with Crippen LogP contribution in [-0.4, -0.2) is 23.3 Å². The lowest BCUT2D eigenvalue weighted by molar-refractivity contribution is -0.120. The number of thiophene rings is 1. The zero-order chi connectivity index (χ0) is 14.4. The van der Waals surface area contributed by atoms with Gasteiger partial charge in [0.2, 0.25) is 5.91 Å². The van der Waals surface area contributed by atoms with Crippen LogP contribution in [0.1, 0.15) is 15.4 Å². The standard InChI is InChI=1S/C13H13N3O2S2/c1-2-5-14-11(17)7-9-8-20-13(15-9)16-12(18)10-4-3-6-19-10/h2-4,6,8H,1,5,7H2,(H,14,17)(H,15,16,18). The molecule has 0 atom stereocenters. The van der Waals surface area contributed by atoms with Gasteiger partial charge in [0.25, 0.3) is 5.91 Å². The van der Waals surface area contributed by atoms with Gasteiger partial charge >= 0.3 is 0 Å². The van der Waals surface area contributed by atoms with Crippen molar-refractivity contribution < 1.29 is 9.59 Å². The summed E-state index contributed by atoms with van der Waals surface area (Å²) >= 11 is 2.67. The molecule has 0 bridgehead atoms. The van der Waals surface area contributed by atoms with Crippen LogP contribution in [0.2, 0.25) is 0 Å². The minimum Gasteiger partial charge on any atom is -0.352 e. The average molecular weight is 307 g/mol. The largest absolute Gasteiger partial charge is 0.352 e. The van der Waals surface area contributed by atoms with Gasteiger partial charge in [-0.1, -0.05) is 12.1 Å². The normalized spacial score (nSPS) is 10.0. The number of anilines is 1. The lowest BCUT2D eigenvalue weighted by Gasteiger charge is -1.99. The Morgan fingerprint density at radius 3 is 2.95 bits per heavy atom. The van der Waals surface area contributed by atoms with Gasteiger partial charge in [-0.3, -0.25) is 14.9 Å². The summed E-state index contributed by atoms with van der Waals surface area (Å²) in [7, 11) is 0. The van der Waals surface area contributed by atoms with Crippen molar-refractivity contribution >= 4 is 39.6 Å². The first-order chi connectivity index (χ1) is 9.69. The first-order valence-corrected chi connectivity index (χ1v) is 7.62. The van der Waals surface area contributed by atoms with Gasteiger partial charge in [-0.15, -0.1) is 29.3 Å². The number of hydrogen-bond donors (Lipinski definition) is 2. The predicted molar refractivity (Wildman–Crippen MR) is 81.3 cm³/mol. The van der Waals surface area contributed by atoms with Crippen molar-refractivity contribution in [2.24, 2.45) is 0 Å². The Bertz CT molecular complexity index is 605. The first kappa shape index (κ1) is 14.4. The number of nitrogens with one attached hydrogen (secondary N) is 2. The molecule has 20 heavy (non-hydrogen) atoms. The quantitative estimate of drug-likeness (QED) is 0.804. The van der Waals surface area contributed by atoms with Gasteiger partial charge in [-0.25, -0.2) is 4.98 Å². The maximum absolute atomic E-state index is 11.8. The van der Waals surface area contributed by atoms with Crippen molar-refractivity contribution in [2.75, 3.05) is 11.9 Å². The lowest BCUT2D eigenvalue weighted by atomic mass is 10.3. The van der Waals surface area contributed by atoms with E-state index < -0.39 is 0 Å². The zero-order valence-electron chi connectivity index (χ0n) is 10.6. The molecule has 0 aliphatic rings. The topological polar surface area (TPSA) is 71.1 Å². The van der Waals surface area contributed by atoms with E-state index in [-0.39, 0.29) is 18.2 Å². The van der Waals surface area contributed by atoms with Gasteiger partial charge < -0.3 is 5.32 Å². The second-order valence-corrected chi connectivity index (χ2v) is 5.65. The molecule has 104 valence electrons. The van der Waals surface area contributed by atoms with Gasteiger partial charge in [0.05, 0.1) is 17.0 Å². The smallest absolute Gasteiger partial charge is 0.267 e. The van der Waals surface area contributed by atoms with Gasteiger partial charge in [-0.2, -0.15) is 0 Å². The van der Waals surface area contributed by atoms with E-state index in [1.807, 2.05) is 11.4 Å². The molecule has 0 aromatic carbocycles. The van der Waals surface area contributed by atoms with Crippen molar-refractivity contribution in [2.45, 2.75) is 6.42 Å². The summed E-state index contributed by atoms with van der Waals surface area (Å²) in [6, 6.07) is 3.56. The van der Waals surface area contributed by atoms with Crippen molar-refractivity contribution in [3.8, 4) is 0 Å². The molecule has 2 amide bonds. The molecular formula is C13H13N3O2S2. The van der Waals surface area contributed by atoms with Crippen LogP contribution in [0.5, 0.6) is 0 Å². The number of thiazole rings is 1. The Morgan fingerprint density at radius 1 is 1.40 bits per heavy atom. The van der Waals surface area contributed by atoms with E-state index >= 15 is 0 Å². The highest BCUT2D eigenvalue weighted by molar-refractivity contribution is 7.14. The maximum Gasteiger partial charge on any atom is 0.267 e. The molecule has 2 rings (SSSR count). The number of rotatable bonds is 6. The van der Waals surface area contributed by atoms with E-state index in [2.05, 4.69) is 22.2 Å². The number of nitrogens with zero attached hydrogens (tertiary/aromatic N) is 1. The van der Waals surface area contributed by atoms with Crippen molar-refractivity contribution in [3.05, 3.63) is 46.1 Å². The third kappa shape index (κ3) is 4.01. The molecule has 2 heterocycles. The Hall–Kier alpha value is -1.99. The highest BCUT2D eigenvalue weighted by Gasteiger charge is 2.11. The lowest BCUT2D eigenvalue weighted by Crippen LogP contribution is -2.25. The number of amides is 2. The molecule has 0 aliphatic heterocycles. The SMILES string of the molecule is C=CCNC(=O)Cc1csc(NC(=O)c2cccs2)n1. The van der Waals surface area contributed by atoms with Gasteiger partial charge in [0, 0.05) is 11.9 Å². The fourth-order valence-corrected chi connectivity index (χ4v) is 2.75. The highest BCUT2D eigenvalue weighted by atomic mass is 32.1. The van der Waals surface area contributed by atoms with Gasteiger partial charge in [-0.05, 0) is 11.4 Å². The third-order valence-corrected chi connectivity index (χ3v) is 3.98. The number of carbonyl (C=O) groups excluding carboxylic acids is 2. The van der Waals surface area contributed by atoms with Crippen LogP contribution in [0.15, 0.2) is 35.5 Å². The minimum absolute atomic E-state index is 0.119. The summed E-state index contributed by atoms with van der Waals surface area (Å²) in [6.07, 6.45) is 1.81. The van der Waals surface area contributed by atoms with E-state index in [1.165, 1.54) is 22.7 Å². The Kier molecular flexibility index (Phi) is 5.03. The van der Waals surface area contributed by atoms with Crippen LogP contribution in [0.4, 0.5) is 5.13 Å². The third-order valence-electron chi connectivity index (χ3n) is 2.30. The van der Waals surface area contributed by atoms with Crippen molar-refractivity contribution in [1.82, 2.24) is 10.3 Å². The van der Waals surface area contributed by atoms with Crippen LogP contribution < -0.4 is 10.6 Å². The molecule has 0 aliphatic carbocycles. The van der Waals surface area contributed by atoms with Crippen LogP contribution in [-0.2, 0) is 11.2 Å². The van der Waals surface area contributed by atoms with E-state index in [0.29, 0.717) is 22.2 Å². The fraction of sp³-hybridized carbons (Fsp3) is 0.154. The highest BCUT2D eigenvalue weighted by Crippen LogP contribution is 2.18. The van der Waals surface area contributed by atoms with Crippen molar-refractivity contribution in [3.63, 3.8) is 0 Å². The average Bonchev–Trinajstić information content (AvgIpc) is 3.08. The van der Waals surface area contributed by atoms with Crippen molar-refractivity contribution in [1.29, 1.82) is 0 Å². The van der Waals surface area contributed by atoms with E-state index in [0.717, 1.165) is 0 Å².